The highest BCUT2D eigenvalue weighted by Crippen LogP contribution is 2.29. The molecule has 9 heteroatoms. The summed E-state index contributed by atoms with van der Waals surface area (Å²) in [6.45, 7) is 4.13. The molecule has 5 aromatic rings. The summed E-state index contributed by atoms with van der Waals surface area (Å²) in [4.78, 5) is 24.5. The number of benzene rings is 3. The molecule has 0 bridgehead atoms. The number of H-pyrrole nitrogens is 1. The van der Waals surface area contributed by atoms with Gasteiger partial charge in [0.15, 0.2) is 0 Å². The van der Waals surface area contributed by atoms with Crippen molar-refractivity contribution in [1.29, 1.82) is 0 Å². The number of aromatic nitrogens is 6. The Bertz CT molecular complexity index is 1610. The first kappa shape index (κ1) is 26.0. The van der Waals surface area contributed by atoms with Crippen molar-refractivity contribution in [3.63, 3.8) is 0 Å². The number of hydrogen-bond donors (Lipinski definition) is 2. The quantitative estimate of drug-likeness (QED) is 0.285. The lowest BCUT2D eigenvalue weighted by atomic mass is 9.98. The van der Waals surface area contributed by atoms with Crippen LogP contribution in [0.2, 0.25) is 0 Å². The normalized spacial score (nSPS) is 11.1. The van der Waals surface area contributed by atoms with Crippen LogP contribution in [0.15, 0.2) is 77.6 Å². The zero-order valence-electron chi connectivity index (χ0n) is 22.0. The average molecular weight is 523 g/mol. The van der Waals surface area contributed by atoms with Gasteiger partial charge in [0.2, 0.25) is 5.82 Å². The monoisotopic (exact) mass is 522 g/mol. The van der Waals surface area contributed by atoms with Gasteiger partial charge in [0.05, 0.1) is 12.3 Å². The van der Waals surface area contributed by atoms with Crippen LogP contribution in [0.5, 0.6) is 0 Å². The van der Waals surface area contributed by atoms with Gasteiger partial charge in [0.25, 0.3) is 5.56 Å². The van der Waals surface area contributed by atoms with E-state index in [-0.39, 0.29) is 18.8 Å². The van der Waals surface area contributed by atoms with E-state index in [0.29, 0.717) is 36.5 Å². The first-order valence-electron chi connectivity index (χ1n) is 13.0. The molecule has 0 aliphatic heterocycles. The summed E-state index contributed by atoms with van der Waals surface area (Å²) in [5.74, 6) is 1.13. The molecule has 0 spiro atoms. The lowest BCUT2D eigenvalue weighted by Gasteiger charge is -2.17. The van der Waals surface area contributed by atoms with Crippen molar-refractivity contribution in [2.75, 3.05) is 0 Å². The van der Waals surface area contributed by atoms with E-state index in [0.717, 1.165) is 39.1 Å². The second kappa shape index (κ2) is 11.8. The Balaban J connectivity index is 1.39. The molecule has 0 saturated heterocycles. The van der Waals surface area contributed by atoms with Crippen LogP contribution in [0.1, 0.15) is 47.6 Å². The lowest BCUT2D eigenvalue weighted by molar-refractivity contribution is 0.0788. The number of tetrazole rings is 1. The minimum atomic E-state index is -0.196. The zero-order chi connectivity index (χ0) is 27.2. The summed E-state index contributed by atoms with van der Waals surface area (Å²) in [7, 11) is 0. The van der Waals surface area contributed by atoms with Crippen molar-refractivity contribution in [3.8, 4) is 22.5 Å². The van der Waals surface area contributed by atoms with Crippen LogP contribution in [0.3, 0.4) is 0 Å². The Morgan fingerprint density at radius 2 is 1.67 bits per heavy atom. The van der Waals surface area contributed by atoms with E-state index in [1.807, 2.05) is 86.6 Å². The Hall–Kier alpha value is -4.63. The van der Waals surface area contributed by atoms with Crippen LogP contribution in [0, 0.1) is 0 Å². The molecular formula is C30H30N6O3. The van der Waals surface area contributed by atoms with E-state index in [9.17, 15) is 9.90 Å². The summed E-state index contributed by atoms with van der Waals surface area (Å²) in [6.07, 6.45) is 1.63. The summed E-state index contributed by atoms with van der Waals surface area (Å²) >= 11 is 0. The molecule has 2 aromatic heterocycles. The summed E-state index contributed by atoms with van der Waals surface area (Å²) < 4.78 is 1.34. The van der Waals surface area contributed by atoms with Gasteiger partial charge in [-0.05, 0) is 39.5 Å². The second-order valence-electron chi connectivity index (χ2n) is 9.17. The van der Waals surface area contributed by atoms with Gasteiger partial charge in [-0.2, -0.15) is 5.21 Å². The van der Waals surface area contributed by atoms with Gasteiger partial charge in [0, 0.05) is 24.0 Å². The molecule has 0 amide bonds. The smallest absolute Gasteiger partial charge is 0.290 e. The van der Waals surface area contributed by atoms with Crippen LogP contribution in [0.4, 0.5) is 0 Å². The van der Waals surface area contributed by atoms with Gasteiger partial charge >= 0.3 is 0 Å². The summed E-state index contributed by atoms with van der Waals surface area (Å²) in [5, 5.41) is 23.9. The summed E-state index contributed by atoms with van der Waals surface area (Å²) in [5.41, 5.74) is 6.74. The molecule has 0 unspecified atom stereocenters. The van der Waals surface area contributed by atoms with Crippen molar-refractivity contribution >= 4 is 0 Å². The van der Waals surface area contributed by atoms with Gasteiger partial charge in [-0.25, -0.2) is 4.98 Å². The SMILES string of the molecule is CCc1nc(CC)n(OCc2ccc(-c3ccccc3-c3nn[nH]n3)cc2)c(=O)c1Cc1cccc(CO)c1. The number of rotatable bonds is 10. The predicted molar refractivity (Wildman–Crippen MR) is 148 cm³/mol. The van der Waals surface area contributed by atoms with Crippen molar-refractivity contribution in [3.05, 3.63) is 117 Å². The topological polar surface area (TPSA) is 119 Å². The highest BCUT2D eigenvalue weighted by molar-refractivity contribution is 5.80. The third kappa shape index (κ3) is 5.63. The van der Waals surface area contributed by atoms with Crippen LogP contribution in [-0.4, -0.2) is 35.4 Å². The van der Waals surface area contributed by atoms with Gasteiger partial charge in [0.1, 0.15) is 12.4 Å². The highest BCUT2D eigenvalue weighted by Gasteiger charge is 2.17. The third-order valence-electron chi connectivity index (χ3n) is 6.63. The molecular weight excluding hydrogens is 492 g/mol. The average Bonchev–Trinajstić information content (AvgIpc) is 3.53. The fourth-order valence-corrected chi connectivity index (χ4v) is 4.63. The molecule has 2 heterocycles. The number of hydrogen-bond acceptors (Lipinski definition) is 7. The number of aliphatic hydroxyl groups excluding tert-OH is 1. The molecule has 39 heavy (non-hydrogen) atoms. The molecule has 0 fully saturated rings. The van der Waals surface area contributed by atoms with E-state index in [2.05, 4.69) is 20.6 Å². The molecule has 0 aliphatic rings. The van der Waals surface area contributed by atoms with Crippen LogP contribution in [0.25, 0.3) is 22.5 Å². The van der Waals surface area contributed by atoms with E-state index in [4.69, 9.17) is 9.82 Å². The standard InChI is InChI=1S/C30H30N6O3/c1-3-27-26(17-21-8-7-9-22(16-21)18-37)30(38)36(28(4-2)31-27)39-19-20-12-14-23(15-13-20)24-10-5-6-11-25(24)29-32-34-35-33-29/h5-16,37H,3-4,17-19H2,1-2H3,(H,32,33,34,35). The first-order chi connectivity index (χ1) is 19.1. The van der Waals surface area contributed by atoms with E-state index in [1.54, 1.807) is 0 Å². The fourth-order valence-electron chi connectivity index (χ4n) is 4.63. The van der Waals surface area contributed by atoms with Gasteiger partial charge in [-0.1, -0.05) is 86.6 Å². The van der Waals surface area contributed by atoms with E-state index in [1.165, 1.54) is 4.73 Å². The molecule has 5 rings (SSSR count). The van der Waals surface area contributed by atoms with Gasteiger partial charge < -0.3 is 9.94 Å². The van der Waals surface area contributed by atoms with Crippen molar-refractivity contribution in [2.45, 2.75) is 46.3 Å². The van der Waals surface area contributed by atoms with E-state index < -0.39 is 0 Å². The first-order valence-corrected chi connectivity index (χ1v) is 13.0. The lowest BCUT2D eigenvalue weighted by Crippen LogP contribution is -2.34. The number of aryl methyl sites for hydroxylation is 2. The Morgan fingerprint density at radius 3 is 2.36 bits per heavy atom. The zero-order valence-corrected chi connectivity index (χ0v) is 22.0. The number of aliphatic hydroxyl groups is 1. The molecule has 9 nitrogen and oxygen atoms in total. The number of aromatic amines is 1. The van der Waals surface area contributed by atoms with Gasteiger partial charge in [-0.3, -0.25) is 4.79 Å². The van der Waals surface area contributed by atoms with Crippen LogP contribution >= 0.6 is 0 Å². The highest BCUT2D eigenvalue weighted by atomic mass is 16.7. The second-order valence-corrected chi connectivity index (χ2v) is 9.17. The van der Waals surface area contributed by atoms with E-state index >= 15 is 0 Å². The van der Waals surface area contributed by atoms with Crippen molar-refractivity contribution in [1.82, 2.24) is 30.3 Å². The third-order valence-corrected chi connectivity index (χ3v) is 6.63. The Kier molecular flexibility index (Phi) is 7.88. The molecule has 0 atom stereocenters. The minimum Gasteiger partial charge on any atom is -0.404 e. The van der Waals surface area contributed by atoms with Crippen molar-refractivity contribution in [2.24, 2.45) is 0 Å². The molecule has 0 saturated carbocycles. The molecule has 0 aliphatic carbocycles. The minimum absolute atomic E-state index is 0.0453. The number of nitrogens with one attached hydrogen (secondary N) is 1. The molecule has 2 N–H and O–H groups in total. The van der Waals surface area contributed by atoms with Crippen LogP contribution < -0.4 is 10.4 Å². The fraction of sp³-hybridized carbons (Fsp3) is 0.233. The van der Waals surface area contributed by atoms with Gasteiger partial charge in [-0.15, -0.1) is 14.9 Å². The molecule has 198 valence electrons. The van der Waals surface area contributed by atoms with Crippen LogP contribution in [-0.2, 0) is 32.5 Å². The molecule has 3 aromatic carbocycles. The Morgan fingerprint density at radius 1 is 0.897 bits per heavy atom. The Labute approximate surface area is 226 Å². The number of nitrogens with zero attached hydrogens (tertiary/aromatic N) is 5. The molecule has 0 radical (unpaired) electrons. The maximum absolute atomic E-state index is 13.6. The maximum atomic E-state index is 13.6. The largest absolute Gasteiger partial charge is 0.404 e. The maximum Gasteiger partial charge on any atom is 0.290 e. The predicted octanol–water partition coefficient (Wildman–Crippen LogP) is 3.93. The van der Waals surface area contributed by atoms with Crippen molar-refractivity contribution < 1.29 is 9.94 Å². The summed E-state index contributed by atoms with van der Waals surface area (Å²) in [6, 6.07) is 23.5.